The Labute approximate surface area is 452 Å². The number of ether oxygens (including phenoxy) is 3. The van der Waals surface area contributed by atoms with E-state index in [2.05, 4.69) is 30.5 Å². The maximum absolute atomic E-state index is 14.8. The third kappa shape index (κ3) is 14.6. The Morgan fingerprint density at radius 3 is 1.71 bits per heavy atom. The summed E-state index contributed by atoms with van der Waals surface area (Å²) in [6.45, 7) is 7.48. The minimum Gasteiger partial charge on any atom is -0.478 e. The molecule has 0 amide bonds. The van der Waals surface area contributed by atoms with Crippen LogP contribution in [-0.2, 0) is 33.4 Å². The number of piperidine rings is 1. The summed E-state index contributed by atoms with van der Waals surface area (Å²) in [5, 5.41) is 29.6. The van der Waals surface area contributed by atoms with Crippen LogP contribution in [0, 0.1) is 17.6 Å². The van der Waals surface area contributed by atoms with E-state index in [0.717, 1.165) is 6.07 Å². The quantitative estimate of drug-likeness (QED) is 0.0471. The number of morpholine rings is 1. The van der Waals surface area contributed by atoms with E-state index < -0.39 is 78.5 Å². The molecule has 2 aromatic carbocycles. The van der Waals surface area contributed by atoms with Gasteiger partial charge in [-0.05, 0) is 64.0 Å². The van der Waals surface area contributed by atoms with Crippen molar-refractivity contribution in [2.75, 3.05) is 59.1 Å². The number of nitrogens with one attached hydrogen (secondary N) is 2. The Balaban J connectivity index is 0.000000221. The fourth-order valence-corrected chi connectivity index (χ4v) is 10.5. The van der Waals surface area contributed by atoms with E-state index in [4.69, 9.17) is 42.4 Å². The van der Waals surface area contributed by atoms with Crippen LogP contribution >= 0.6 is 45.9 Å². The van der Waals surface area contributed by atoms with Gasteiger partial charge in [-0.15, -0.1) is 22.7 Å². The van der Waals surface area contributed by atoms with Crippen molar-refractivity contribution >= 4 is 81.4 Å². The summed E-state index contributed by atoms with van der Waals surface area (Å²) in [5.41, 5.74) is 2.07. The predicted molar refractivity (Wildman–Crippen MR) is 278 cm³/mol. The van der Waals surface area contributed by atoms with Crippen LogP contribution in [0.4, 0.5) is 17.6 Å². The molecule has 0 aliphatic carbocycles. The molecular formula is C51H52Cl2F4N8O9S2. The van der Waals surface area contributed by atoms with Gasteiger partial charge >= 0.3 is 23.9 Å². The van der Waals surface area contributed by atoms with E-state index in [-0.39, 0.29) is 64.3 Å². The number of carboxylic acids is 2. The van der Waals surface area contributed by atoms with Crippen molar-refractivity contribution in [1.29, 1.82) is 0 Å². The number of alkyl halides is 2. The summed E-state index contributed by atoms with van der Waals surface area (Å²) >= 11 is 15.4. The lowest BCUT2D eigenvalue weighted by atomic mass is 9.92. The van der Waals surface area contributed by atoms with Gasteiger partial charge in [-0.1, -0.05) is 41.4 Å². The lowest BCUT2D eigenvalue weighted by molar-refractivity contribution is -0.139. The largest absolute Gasteiger partial charge is 0.478 e. The second kappa shape index (κ2) is 25.7. The number of aromatic nitrogens is 2. The number of benzene rings is 2. The number of thiazole rings is 2. The maximum Gasteiger partial charge on any atom is 0.338 e. The molecule has 0 bridgehead atoms. The normalized spacial score (nSPS) is 21.3. The highest BCUT2D eigenvalue weighted by Gasteiger charge is 2.42. The number of amidine groups is 2. The first kappa shape index (κ1) is 57.4. The minimum absolute atomic E-state index is 0.0240. The smallest absolute Gasteiger partial charge is 0.338 e. The Kier molecular flexibility index (Phi) is 19.4. The van der Waals surface area contributed by atoms with Crippen LogP contribution in [0.3, 0.4) is 0 Å². The standard InChI is InChI=1S/C26H26ClF3N4O4S.C25H26ClFN4O5S/c1-3-38-25(37)20-19(12-34-11-15(8-14(2)24(35)36)10-26(29,30)13-34)32-22(23-31-6-7-39-23)33-21(20)17-5-4-16(28)9-18(17)27;1-3-35-25(34)20-19(13-31-7-8-36-16(12-31)10-14(2)24(32)33)29-22(23-28-6-9-37-23)30-21(20)17-5-4-15(27)11-18(17)26/h4-9,15,21H,3,10-13H2,1-2H3,(H,32,33)(H,35,36);4-6,9-11,16,21H,3,7-8,12-13H2,1-2H3,(H,29,30)(H,32,33)/b14-8+;14-10+. The zero-order chi connectivity index (χ0) is 54.8. The van der Waals surface area contributed by atoms with Crippen molar-refractivity contribution in [2.24, 2.45) is 15.9 Å². The summed E-state index contributed by atoms with van der Waals surface area (Å²) < 4.78 is 73.7. The fraction of sp³-hybridized carbons (Fsp3) is 0.373. The van der Waals surface area contributed by atoms with Crippen LogP contribution in [0.5, 0.6) is 0 Å². The van der Waals surface area contributed by atoms with Gasteiger partial charge in [0.15, 0.2) is 21.7 Å². The van der Waals surface area contributed by atoms with Gasteiger partial charge in [0, 0.05) is 106 Å². The van der Waals surface area contributed by atoms with Crippen LogP contribution in [0.2, 0.25) is 10.0 Å². The maximum atomic E-state index is 14.8. The molecule has 4 N–H and O–H groups in total. The van der Waals surface area contributed by atoms with Gasteiger partial charge in [-0.3, -0.25) is 19.8 Å². The van der Waals surface area contributed by atoms with Gasteiger partial charge < -0.3 is 35.1 Å². The molecule has 2 fully saturated rings. The summed E-state index contributed by atoms with van der Waals surface area (Å²) in [6, 6.07) is 5.80. The van der Waals surface area contributed by atoms with Crippen molar-refractivity contribution in [1.82, 2.24) is 30.4 Å². The van der Waals surface area contributed by atoms with Crippen LogP contribution in [-0.4, -0.2) is 137 Å². The molecule has 25 heteroatoms. The summed E-state index contributed by atoms with van der Waals surface area (Å²) in [4.78, 5) is 70.6. The Hall–Kier alpha value is -6.34. The van der Waals surface area contributed by atoms with Crippen molar-refractivity contribution in [3.8, 4) is 0 Å². The predicted octanol–water partition coefficient (Wildman–Crippen LogP) is 8.41. The fourth-order valence-electron chi connectivity index (χ4n) is 8.80. The SMILES string of the molecule is CCOC(=O)C1=C(CN2CC(/C=C(\C)C(=O)O)CC(F)(F)C2)NC(c2nccs2)=NC1c1ccc(F)cc1Cl.CCOC(=O)C1=C(CN2CCOC(/C=C(\C)C(=O)O)C2)NC(c2nccs2)=NC1c1ccc(F)cc1Cl. The lowest BCUT2D eigenvalue weighted by Crippen LogP contribution is -2.49. The van der Waals surface area contributed by atoms with E-state index in [9.17, 15) is 47.0 Å². The number of halogens is 6. The van der Waals surface area contributed by atoms with Crippen LogP contribution in [0.1, 0.15) is 67.3 Å². The molecule has 6 heterocycles. The summed E-state index contributed by atoms with van der Waals surface area (Å²) in [6.07, 6.45) is 5.22. The summed E-state index contributed by atoms with van der Waals surface area (Å²) in [7, 11) is 0. The monoisotopic (exact) mass is 1130 g/mol. The first-order valence-corrected chi connectivity index (χ1v) is 26.2. The molecule has 0 saturated carbocycles. The molecule has 0 spiro atoms. The number of hydrogen-bond donors (Lipinski definition) is 4. The van der Waals surface area contributed by atoms with Gasteiger partial charge in [-0.25, -0.2) is 46.7 Å². The summed E-state index contributed by atoms with van der Waals surface area (Å²) in [5.74, 6) is -7.63. The number of hydrogen-bond acceptors (Lipinski definition) is 17. The van der Waals surface area contributed by atoms with Crippen LogP contribution in [0.25, 0.3) is 0 Å². The molecule has 8 rings (SSSR count). The number of aliphatic imine (C=N–C) groups is 2. The molecule has 4 atom stereocenters. The van der Waals surface area contributed by atoms with Crippen molar-refractivity contribution in [2.45, 2.75) is 58.2 Å². The molecule has 4 aliphatic heterocycles. The Morgan fingerprint density at radius 2 is 1.26 bits per heavy atom. The van der Waals surface area contributed by atoms with Crippen molar-refractivity contribution in [3.05, 3.63) is 148 Å². The number of carbonyl (C=O) groups is 4. The highest BCUT2D eigenvalue weighted by molar-refractivity contribution is 7.12. The zero-order valence-corrected chi connectivity index (χ0v) is 44.5. The molecule has 4 aromatic rings. The van der Waals surface area contributed by atoms with Crippen molar-refractivity contribution in [3.63, 3.8) is 0 Å². The third-order valence-corrected chi connectivity index (χ3v) is 14.3. The molecule has 404 valence electrons. The number of carbonyl (C=O) groups excluding carboxylic acids is 2. The number of nitrogens with zero attached hydrogens (tertiary/aromatic N) is 6. The first-order chi connectivity index (χ1) is 36.2. The first-order valence-electron chi connectivity index (χ1n) is 23.7. The Bertz CT molecular complexity index is 3010. The lowest BCUT2D eigenvalue weighted by Gasteiger charge is -2.38. The van der Waals surface area contributed by atoms with E-state index >= 15 is 0 Å². The minimum atomic E-state index is -3.09. The zero-order valence-electron chi connectivity index (χ0n) is 41.3. The van der Waals surface area contributed by atoms with Crippen LogP contribution < -0.4 is 10.6 Å². The van der Waals surface area contributed by atoms with Gasteiger partial charge in [0.05, 0.1) is 43.6 Å². The van der Waals surface area contributed by atoms with Gasteiger partial charge in [0.1, 0.15) is 23.7 Å². The second-order valence-corrected chi connectivity index (χ2v) is 20.3. The molecule has 0 radical (unpaired) electrons. The third-order valence-electron chi connectivity index (χ3n) is 12.1. The molecule has 2 saturated heterocycles. The second-order valence-electron chi connectivity index (χ2n) is 17.7. The van der Waals surface area contributed by atoms with E-state index in [1.807, 2.05) is 5.38 Å². The average molecular weight is 1130 g/mol. The van der Waals surface area contributed by atoms with Crippen molar-refractivity contribution < 1.29 is 61.2 Å². The molecule has 4 unspecified atom stereocenters. The highest BCUT2D eigenvalue weighted by Crippen LogP contribution is 2.40. The Morgan fingerprint density at radius 1 is 0.776 bits per heavy atom. The van der Waals surface area contributed by atoms with Gasteiger partial charge in [0.2, 0.25) is 0 Å². The number of carboxylic acid groups (broad SMARTS) is 2. The molecule has 76 heavy (non-hydrogen) atoms. The van der Waals surface area contributed by atoms with E-state index in [1.54, 1.807) is 37.7 Å². The highest BCUT2D eigenvalue weighted by atomic mass is 35.5. The number of aliphatic carboxylic acids is 2. The van der Waals surface area contributed by atoms with Gasteiger partial charge in [-0.2, -0.15) is 0 Å². The molecule has 17 nitrogen and oxygen atoms in total. The molecule has 2 aromatic heterocycles. The number of rotatable bonds is 16. The number of likely N-dealkylation sites (tertiary alicyclic amines) is 1. The van der Waals surface area contributed by atoms with Gasteiger partial charge in [0.25, 0.3) is 5.92 Å². The number of esters is 2. The van der Waals surface area contributed by atoms with E-state index in [0.29, 0.717) is 64.8 Å². The van der Waals surface area contributed by atoms with E-state index in [1.165, 1.54) is 77.8 Å². The average Bonchev–Trinajstić information content (AvgIpc) is 4.10. The molecule has 4 aliphatic rings. The molecular weight excluding hydrogens is 1080 g/mol. The topological polar surface area (TPSA) is 217 Å². The van der Waals surface area contributed by atoms with Crippen LogP contribution in [0.15, 0.2) is 115 Å².